The fraction of sp³-hybridized carbons (Fsp3) is 0.238. The van der Waals surface area contributed by atoms with Crippen LogP contribution >= 0.6 is 0 Å². The number of nitrogens with one attached hydrogen (secondary N) is 2. The van der Waals surface area contributed by atoms with Gasteiger partial charge in [0.05, 0.1) is 12.2 Å². The fourth-order valence-electron chi connectivity index (χ4n) is 2.75. The van der Waals surface area contributed by atoms with Crippen LogP contribution in [0.5, 0.6) is 0 Å². The topological polar surface area (TPSA) is 79.8 Å². The zero-order valence-corrected chi connectivity index (χ0v) is 15.7. The summed E-state index contributed by atoms with van der Waals surface area (Å²) in [5.74, 6) is 0.635. The van der Waals surface area contributed by atoms with E-state index in [1.54, 1.807) is 18.3 Å². The molecule has 2 heterocycles. The van der Waals surface area contributed by atoms with Crippen molar-refractivity contribution < 1.29 is 4.79 Å². The Morgan fingerprint density at radius 3 is 2.56 bits per heavy atom. The van der Waals surface area contributed by atoms with E-state index >= 15 is 0 Å². The molecular weight excluding hydrogens is 338 g/mol. The molecule has 2 aromatic heterocycles. The minimum Gasteiger partial charge on any atom is -0.363 e. The van der Waals surface area contributed by atoms with Gasteiger partial charge >= 0.3 is 0 Å². The lowest BCUT2D eigenvalue weighted by Crippen LogP contribution is -2.17. The van der Waals surface area contributed by atoms with E-state index in [1.165, 1.54) is 0 Å². The number of benzene rings is 1. The Kier molecular flexibility index (Phi) is 5.76. The van der Waals surface area contributed by atoms with Crippen LogP contribution in [0.2, 0.25) is 0 Å². The van der Waals surface area contributed by atoms with Gasteiger partial charge in [-0.2, -0.15) is 0 Å². The third-order valence-corrected chi connectivity index (χ3v) is 4.24. The summed E-state index contributed by atoms with van der Waals surface area (Å²) in [5.41, 5.74) is 4.15. The molecule has 0 atom stereocenters. The molecule has 0 aliphatic rings. The summed E-state index contributed by atoms with van der Waals surface area (Å²) < 4.78 is 0. The molecule has 3 aromatic rings. The maximum Gasteiger partial charge on any atom is 0.276 e. The van der Waals surface area contributed by atoms with Crippen molar-refractivity contribution in [2.45, 2.75) is 33.2 Å². The van der Waals surface area contributed by atoms with Gasteiger partial charge in [0.2, 0.25) is 0 Å². The molecule has 0 bridgehead atoms. The van der Waals surface area contributed by atoms with Crippen LogP contribution in [-0.2, 0) is 6.54 Å². The van der Waals surface area contributed by atoms with E-state index in [1.807, 2.05) is 43.3 Å². The maximum atomic E-state index is 12.6. The van der Waals surface area contributed by atoms with Crippen LogP contribution in [0.25, 0.3) is 0 Å². The molecule has 0 radical (unpaired) electrons. The van der Waals surface area contributed by atoms with Gasteiger partial charge in [-0.25, -0.2) is 0 Å². The molecule has 0 saturated heterocycles. The summed E-state index contributed by atoms with van der Waals surface area (Å²) in [5, 5.41) is 14.3. The van der Waals surface area contributed by atoms with Gasteiger partial charge in [0, 0.05) is 11.9 Å². The van der Waals surface area contributed by atoms with E-state index in [9.17, 15) is 4.79 Å². The van der Waals surface area contributed by atoms with Crippen LogP contribution in [0.3, 0.4) is 0 Å². The zero-order valence-electron chi connectivity index (χ0n) is 15.7. The van der Waals surface area contributed by atoms with Crippen molar-refractivity contribution in [1.82, 2.24) is 15.2 Å². The first kappa shape index (κ1) is 18.5. The van der Waals surface area contributed by atoms with Crippen molar-refractivity contribution in [2.75, 3.05) is 10.6 Å². The molecule has 0 spiro atoms. The predicted octanol–water partition coefficient (Wildman–Crippen LogP) is 4.17. The summed E-state index contributed by atoms with van der Waals surface area (Å²) in [4.78, 5) is 16.8. The molecule has 6 heteroatoms. The SMILES string of the molecule is Cc1cccc(C(C)C)c1NC(=O)c1ccc(NCc2ccccn2)nn1. The summed E-state index contributed by atoms with van der Waals surface area (Å²) in [6, 6.07) is 15.2. The van der Waals surface area contributed by atoms with Crippen LogP contribution < -0.4 is 10.6 Å². The fourth-order valence-corrected chi connectivity index (χ4v) is 2.75. The lowest BCUT2D eigenvalue weighted by Gasteiger charge is -2.16. The molecule has 0 fully saturated rings. The maximum absolute atomic E-state index is 12.6. The number of pyridine rings is 1. The zero-order chi connectivity index (χ0) is 19.2. The van der Waals surface area contributed by atoms with Crippen molar-refractivity contribution in [2.24, 2.45) is 0 Å². The second-order valence-electron chi connectivity index (χ2n) is 6.63. The van der Waals surface area contributed by atoms with E-state index in [2.05, 4.69) is 39.7 Å². The first-order chi connectivity index (χ1) is 13.0. The number of hydrogen-bond acceptors (Lipinski definition) is 5. The number of aromatic nitrogens is 3. The molecule has 6 nitrogen and oxygen atoms in total. The van der Waals surface area contributed by atoms with Gasteiger partial charge in [0.15, 0.2) is 5.69 Å². The number of anilines is 2. The Balaban J connectivity index is 1.68. The summed E-state index contributed by atoms with van der Waals surface area (Å²) in [6.45, 7) is 6.73. The van der Waals surface area contributed by atoms with Gasteiger partial charge in [-0.15, -0.1) is 10.2 Å². The molecule has 27 heavy (non-hydrogen) atoms. The van der Waals surface area contributed by atoms with E-state index in [0.717, 1.165) is 22.5 Å². The summed E-state index contributed by atoms with van der Waals surface area (Å²) in [6.07, 6.45) is 1.74. The minimum absolute atomic E-state index is 0.269. The van der Waals surface area contributed by atoms with Crippen LogP contribution in [-0.4, -0.2) is 21.1 Å². The molecule has 2 N–H and O–H groups in total. The molecule has 1 aromatic carbocycles. The first-order valence-corrected chi connectivity index (χ1v) is 8.93. The van der Waals surface area contributed by atoms with Crippen molar-refractivity contribution in [3.05, 3.63) is 77.2 Å². The van der Waals surface area contributed by atoms with Gasteiger partial charge in [0.1, 0.15) is 5.82 Å². The number of para-hydroxylation sites is 1. The number of nitrogens with zero attached hydrogens (tertiary/aromatic N) is 3. The van der Waals surface area contributed by atoms with Gasteiger partial charge in [-0.3, -0.25) is 9.78 Å². The van der Waals surface area contributed by atoms with E-state index in [-0.39, 0.29) is 11.6 Å². The average Bonchev–Trinajstić information content (AvgIpc) is 2.69. The molecular formula is C21H23N5O. The van der Waals surface area contributed by atoms with E-state index in [4.69, 9.17) is 0 Å². The van der Waals surface area contributed by atoms with Gasteiger partial charge in [0.25, 0.3) is 5.91 Å². The lowest BCUT2D eigenvalue weighted by molar-refractivity contribution is 0.102. The standard InChI is InChI=1S/C21H23N5O/c1-14(2)17-9-6-7-15(3)20(17)24-21(27)18-10-11-19(26-25-18)23-13-16-8-4-5-12-22-16/h4-12,14H,13H2,1-3H3,(H,23,26)(H,24,27). The number of amides is 1. The minimum atomic E-state index is -0.269. The molecule has 0 unspecified atom stereocenters. The van der Waals surface area contributed by atoms with Crippen LogP contribution in [0.4, 0.5) is 11.5 Å². The number of carbonyl (C=O) groups is 1. The van der Waals surface area contributed by atoms with Gasteiger partial charge in [-0.05, 0) is 48.2 Å². The Morgan fingerprint density at radius 2 is 1.89 bits per heavy atom. The summed E-state index contributed by atoms with van der Waals surface area (Å²) in [7, 11) is 0. The van der Waals surface area contributed by atoms with Crippen LogP contribution in [0.1, 0.15) is 47.1 Å². The van der Waals surface area contributed by atoms with Crippen molar-refractivity contribution in [3.8, 4) is 0 Å². The molecule has 1 amide bonds. The quantitative estimate of drug-likeness (QED) is 0.689. The molecule has 138 valence electrons. The third-order valence-electron chi connectivity index (χ3n) is 4.24. The number of carbonyl (C=O) groups excluding carboxylic acids is 1. The highest BCUT2D eigenvalue weighted by Gasteiger charge is 2.14. The lowest BCUT2D eigenvalue weighted by atomic mass is 9.98. The highest BCUT2D eigenvalue weighted by atomic mass is 16.1. The second-order valence-corrected chi connectivity index (χ2v) is 6.63. The molecule has 0 aliphatic heterocycles. The Bertz CT molecular complexity index is 908. The van der Waals surface area contributed by atoms with E-state index < -0.39 is 0 Å². The number of hydrogen-bond donors (Lipinski definition) is 2. The van der Waals surface area contributed by atoms with Gasteiger partial charge < -0.3 is 10.6 Å². The van der Waals surface area contributed by atoms with E-state index in [0.29, 0.717) is 18.3 Å². The second kappa shape index (κ2) is 8.40. The Labute approximate surface area is 159 Å². The Hall–Kier alpha value is -3.28. The number of aryl methyl sites for hydroxylation is 1. The summed E-state index contributed by atoms with van der Waals surface area (Å²) >= 11 is 0. The molecule has 0 aliphatic carbocycles. The number of rotatable bonds is 6. The van der Waals surface area contributed by atoms with Crippen molar-refractivity contribution in [1.29, 1.82) is 0 Å². The third kappa shape index (κ3) is 4.67. The highest BCUT2D eigenvalue weighted by Crippen LogP contribution is 2.27. The molecule has 0 saturated carbocycles. The van der Waals surface area contributed by atoms with Gasteiger partial charge in [-0.1, -0.05) is 38.1 Å². The normalized spacial score (nSPS) is 10.7. The average molecular weight is 361 g/mol. The first-order valence-electron chi connectivity index (χ1n) is 8.93. The predicted molar refractivity (Wildman–Crippen MR) is 107 cm³/mol. The van der Waals surface area contributed by atoms with Crippen LogP contribution in [0.15, 0.2) is 54.7 Å². The largest absolute Gasteiger partial charge is 0.363 e. The molecule has 3 rings (SSSR count). The van der Waals surface area contributed by atoms with Crippen molar-refractivity contribution >= 4 is 17.4 Å². The highest BCUT2D eigenvalue weighted by molar-refractivity contribution is 6.03. The monoisotopic (exact) mass is 361 g/mol. The van der Waals surface area contributed by atoms with Crippen molar-refractivity contribution in [3.63, 3.8) is 0 Å². The van der Waals surface area contributed by atoms with Crippen LogP contribution in [0, 0.1) is 6.92 Å². The Morgan fingerprint density at radius 1 is 1.04 bits per heavy atom. The smallest absolute Gasteiger partial charge is 0.276 e.